The lowest BCUT2D eigenvalue weighted by atomic mass is 10.2. The van der Waals surface area contributed by atoms with Crippen LogP contribution in [0.25, 0.3) is 0 Å². The second kappa shape index (κ2) is 8.63. The Morgan fingerprint density at radius 2 is 1.57 bits per heavy atom. The highest BCUT2D eigenvalue weighted by molar-refractivity contribution is 5.58. The Hall–Kier alpha value is -2.56. The molecule has 0 atom stereocenters. The summed E-state index contributed by atoms with van der Waals surface area (Å²) in [5, 5.41) is 5.31. The maximum atomic E-state index is 13.1. The van der Waals surface area contributed by atoms with E-state index in [1.165, 1.54) is 0 Å². The quantitative estimate of drug-likeness (QED) is 0.518. The van der Waals surface area contributed by atoms with Crippen molar-refractivity contribution in [1.82, 2.24) is 14.9 Å². The van der Waals surface area contributed by atoms with Gasteiger partial charge in [-0.15, -0.1) is 0 Å². The minimum atomic E-state index is -4.69. The molecule has 2 N–H and O–H groups in total. The minimum absolute atomic E-state index is 0.165. The highest BCUT2D eigenvalue weighted by atomic mass is 19.4. The van der Waals surface area contributed by atoms with E-state index in [1.54, 1.807) is 0 Å². The maximum Gasteiger partial charge on any atom is 0.433 e. The first-order valence-corrected chi connectivity index (χ1v) is 8.24. The van der Waals surface area contributed by atoms with Gasteiger partial charge in [-0.05, 0) is 51.3 Å². The van der Waals surface area contributed by atoms with Crippen LogP contribution >= 0.6 is 0 Å². The number of alkyl halides is 6. The van der Waals surface area contributed by atoms with Gasteiger partial charge in [-0.25, -0.2) is 4.98 Å². The van der Waals surface area contributed by atoms with Crippen LogP contribution < -0.4 is 10.6 Å². The van der Waals surface area contributed by atoms with Crippen LogP contribution in [0.1, 0.15) is 17.7 Å². The predicted octanol–water partition coefficient (Wildman–Crippen LogP) is 4.62. The molecule has 0 bridgehead atoms. The zero-order valence-corrected chi connectivity index (χ0v) is 15.1. The molecule has 0 amide bonds. The molecule has 1 aromatic heterocycles. The molecule has 11 heteroatoms. The Morgan fingerprint density at radius 3 is 2.11 bits per heavy atom. The average molecular weight is 407 g/mol. The van der Waals surface area contributed by atoms with Crippen LogP contribution in [-0.4, -0.2) is 42.1 Å². The fraction of sp³-hybridized carbons (Fsp3) is 0.412. The second-order valence-electron chi connectivity index (χ2n) is 6.24. The van der Waals surface area contributed by atoms with E-state index in [0.717, 1.165) is 30.8 Å². The Bertz CT molecular complexity index is 771. The fourth-order valence-corrected chi connectivity index (χ4v) is 2.22. The summed E-state index contributed by atoms with van der Waals surface area (Å²) in [5.41, 5.74) is -1.86. The molecule has 0 aliphatic rings. The standard InChI is InChI=1S/C17H19F6N5/c1-28(2)9-3-8-24-15-26-13(17(21,22)23)10-14(27-15)25-12-6-4-11(5-7-12)16(18,19)20/h4-7,10H,3,8-9H2,1-2H3,(H2,24,25,26,27). The molecule has 1 aromatic carbocycles. The van der Waals surface area contributed by atoms with Crippen molar-refractivity contribution in [2.45, 2.75) is 18.8 Å². The van der Waals surface area contributed by atoms with Crippen LogP contribution in [0.2, 0.25) is 0 Å². The lowest BCUT2D eigenvalue weighted by Gasteiger charge is -2.14. The molecule has 0 radical (unpaired) electrons. The van der Waals surface area contributed by atoms with Gasteiger partial charge in [-0.1, -0.05) is 0 Å². The molecule has 28 heavy (non-hydrogen) atoms. The van der Waals surface area contributed by atoms with E-state index in [0.29, 0.717) is 19.0 Å². The molecule has 2 rings (SSSR count). The largest absolute Gasteiger partial charge is 0.433 e. The van der Waals surface area contributed by atoms with Crippen molar-refractivity contribution in [2.24, 2.45) is 0 Å². The number of benzene rings is 1. The first kappa shape index (κ1) is 21.7. The molecule has 1 heterocycles. The van der Waals surface area contributed by atoms with E-state index in [2.05, 4.69) is 20.6 Å². The summed E-state index contributed by atoms with van der Waals surface area (Å²) in [4.78, 5) is 9.34. The summed E-state index contributed by atoms with van der Waals surface area (Å²) in [6.45, 7) is 1.09. The van der Waals surface area contributed by atoms with Gasteiger partial charge in [0.15, 0.2) is 5.69 Å². The Labute approximate surface area is 157 Å². The number of halogens is 6. The summed E-state index contributed by atoms with van der Waals surface area (Å²) in [5.74, 6) is -0.403. The minimum Gasteiger partial charge on any atom is -0.354 e. The lowest BCUT2D eigenvalue weighted by molar-refractivity contribution is -0.141. The summed E-state index contributed by atoms with van der Waals surface area (Å²) in [6, 6.07) is 4.58. The number of hydrogen-bond acceptors (Lipinski definition) is 5. The number of nitrogens with one attached hydrogen (secondary N) is 2. The monoisotopic (exact) mass is 407 g/mol. The van der Waals surface area contributed by atoms with Crippen LogP contribution in [-0.2, 0) is 12.4 Å². The fourth-order valence-electron chi connectivity index (χ4n) is 2.22. The van der Waals surface area contributed by atoms with Gasteiger partial charge in [0.1, 0.15) is 5.82 Å². The second-order valence-corrected chi connectivity index (χ2v) is 6.24. The zero-order chi connectivity index (χ0) is 20.9. The van der Waals surface area contributed by atoms with Gasteiger partial charge in [-0.2, -0.15) is 31.3 Å². The molecule has 0 saturated carbocycles. The van der Waals surface area contributed by atoms with Crippen molar-refractivity contribution in [2.75, 3.05) is 37.8 Å². The number of anilines is 3. The van der Waals surface area contributed by atoms with Crippen LogP contribution in [0.15, 0.2) is 30.3 Å². The molecular weight excluding hydrogens is 388 g/mol. The highest BCUT2D eigenvalue weighted by Crippen LogP contribution is 2.32. The molecule has 0 aliphatic carbocycles. The summed E-state index contributed by atoms with van der Waals surface area (Å²) >= 11 is 0. The van der Waals surface area contributed by atoms with Gasteiger partial charge < -0.3 is 15.5 Å². The van der Waals surface area contributed by atoms with Crippen molar-refractivity contribution >= 4 is 17.5 Å². The van der Waals surface area contributed by atoms with Crippen molar-refractivity contribution in [3.8, 4) is 0 Å². The third-order valence-electron chi connectivity index (χ3n) is 3.57. The molecule has 0 saturated heterocycles. The van der Waals surface area contributed by atoms with E-state index in [4.69, 9.17) is 0 Å². The van der Waals surface area contributed by atoms with Gasteiger partial charge in [-0.3, -0.25) is 0 Å². The Balaban J connectivity index is 2.19. The third-order valence-corrected chi connectivity index (χ3v) is 3.57. The van der Waals surface area contributed by atoms with Crippen molar-refractivity contribution in [1.29, 1.82) is 0 Å². The smallest absolute Gasteiger partial charge is 0.354 e. The molecular formula is C17H19F6N5. The van der Waals surface area contributed by atoms with E-state index in [9.17, 15) is 26.3 Å². The Morgan fingerprint density at radius 1 is 0.929 bits per heavy atom. The molecule has 0 fully saturated rings. The number of rotatable bonds is 7. The summed E-state index contributed by atoms with van der Waals surface area (Å²) in [7, 11) is 3.74. The summed E-state index contributed by atoms with van der Waals surface area (Å²) < 4.78 is 77.1. The first-order valence-electron chi connectivity index (χ1n) is 8.24. The maximum absolute atomic E-state index is 13.1. The molecule has 5 nitrogen and oxygen atoms in total. The highest BCUT2D eigenvalue weighted by Gasteiger charge is 2.34. The van der Waals surface area contributed by atoms with Crippen LogP contribution in [0, 0.1) is 0 Å². The number of nitrogens with zero attached hydrogens (tertiary/aromatic N) is 3. The topological polar surface area (TPSA) is 53.1 Å². The van der Waals surface area contributed by atoms with Crippen LogP contribution in [0.5, 0.6) is 0 Å². The molecule has 2 aromatic rings. The predicted molar refractivity (Wildman–Crippen MR) is 93.4 cm³/mol. The zero-order valence-electron chi connectivity index (χ0n) is 15.1. The Kier molecular flexibility index (Phi) is 6.70. The normalized spacial score (nSPS) is 12.3. The lowest BCUT2D eigenvalue weighted by Crippen LogP contribution is -2.18. The molecule has 0 aliphatic heterocycles. The SMILES string of the molecule is CN(C)CCCNc1nc(Nc2ccc(C(F)(F)F)cc2)cc(C(F)(F)F)n1. The third kappa shape index (κ3) is 6.55. The van der Waals surface area contributed by atoms with E-state index in [-0.39, 0.29) is 17.5 Å². The average Bonchev–Trinajstić information content (AvgIpc) is 2.57. The van der Waals surface area contributed by atoms with Crippen molar-refractivity contribution in [3.63, 3.8) is 0 Å². The van der Waals surface area contributed by atoms with Gasteiger partial charge in [0.05, 0.1) is 5.56 Å². The first-order chi connectivity index (χ1) is 12.9. The van der Waals surface area contributed by atoms with Crippen LogP contribution in [0.3, 0.4) is 0 Å². The van der Waals surface area contributed by atoms with Gasteiger partial charge in [0.2, 0.25) is 5.95 Å². The van der Waals surface area contributed by atoms with Crippen LogP contribution in [0.4, 0.5) is 43.8 Å². The summed E-state index contributed by atoms with van der Waals surface area (Å²) in [6.07, 6.45) is -8.53. The van der Waals surface area contributed by atoms with Crippen molar-refractivity contribution in [3.05, 3.63) is 41.6 Å². The number of hydrogen-bond donors (Lipinski definition) is 2. The van der Waals surface area contributed by atoms with Gasteiger partial charge >= 0.3 is 12.4 Å². The van der Waals surface area contributed by atoms with E-state index >= 15 is 0 Å². The number of aromatic nitrogens is 2. The van der Waals surface area contributed by atoms with E-state index < -0.39 is 23.6 Å². The van der Waals surface area contributed by atoms with Gasteiger partial charge in [0, 0.05) is 18.3 Å². The molecule has 154 valence electrons. The molecule has 0 spiro atoms. The van der Waals surface area contributed by atoms with E-state index in [1.807, 2.05) is 19.0 Å². The van der Waals surface area contributed by atoms with Gasteiger partial charge in [0.25, 0.3) is 0 Å². The van der Waals surface area contributed by atoms with Crippen molar-refractivity contribution < 1.29 is 26.3 Å². The molecule has 0 unspecified atom stereocenters.